The van der Waals surface area contributed by atoms with E-state index in [2.05, 4.69) is 20.2 Å². The summed E-state index contributed by atoms with van der Waals surface area (Å²) in [5.74, 6) is 0.780. The predicted molar refractivity (Wildman–Crippen MR) is 91.3 cm³/mol. The van der Waals surface area contributed by atoms with Gasteiger partial charge in [-0.25, -0.2) is 14.8 Å². The van der Waals surface area contributed by atoms with Crippen LogP contribution in [0.3, 0.4) is 0 Å². The lowest BCUT2D eigenvalue weighted by atomic mass is 10.3. The van der Waals surface area contributed by atoms with Crippen LogP contribution in [0.25, 0.3) is 0 Å². The summed E-state index contributed by atoms with van der Waals surface area (Å²) in [4.78, 5) is 24.2. The van der Waals surface area contributed by atoms with Crippen LogP contribution in [-0.4, -0.2) is 47.1 Å². The quantitative estimate of drug-likeness (QED) is 0.844. The summed E-state index contributed by atoms with van der Waals surface area (Å²) in [6, 6.07) is 8.74. The first kappa shape index (κ1) is 15.8. The van der Waals surface area contributed by atoms with E-state index in [9.17, 15) is 4.79 Å². The molecule has 23 heavy (non-hydrogen) atoms. The van der Waals surface area contributed by atoms with Crippen molar-refractivity contribution in [1.29, 1.82) is 0 Å². The maximum Gasteiger partial charge on any atom is 0.321 e. The molecule has 0 spiro atoms. The van der Waals surface area contributed by atoms with Gasteiger partial charge in [0.1, 0.15) is 5.82 Å². The van der Waals surface area contributed by atoms with Gasteiger partial charge in [0.25, 0.3) is 0 Å². The van der Waals surface area contributed by atoms with Gasteiger partial charge in [-0.3, -0.25) is 0 Å². The highest BCUT2D eigenvalue weighted by molar-refractivity contribution is 6.30. The Bertz CT molecular complexity index is 687. The van der Waals surface area contributed by atoms with E-state index >= 15 is 0 Å². The average Bonchev–Trinajstić information content (AvgIpc) is 2.57. The van der Waals surface area contributed by atoms with Crippen molar-refractivity contribution in [3.63, 3.8) is 0 Å². The van der Waals surface area contributed by atoms with Crippen LogP contribution in [0.15, 0.2) is 36.5 Å². The molecule has 6 nitrogen and oxygen atoms in total. The van der Waals surface area contributed by atoms with Crippen LogP contribution in [0.4, 0.5) is 16.3 Å². The van der Waals surface area contributed by atoms with Crippen LogP contribution in [0.1, 0.15) is 0 Å². The second kappa shape index (κ2) is 7.02. The topological polar surface area (TPSA) is 61.4 Å². The highest BCUT2D eigenvalue weighted by Crippen LogP contribution is 2.17. The molecular weight excluding hydrogens is 337 g/mol. The fourth-order valence-corrected chi connectivity index (χ4v) is 2.65. The minimum absolute atomic E-state index is 0.118. The van der Waals surface area contributed by atoms with E-state index in [-0.39, 0.29) is 11.3 Å². The predicted octanol–water partition coefficient (Wildman–Crippen LogP) is 3.14. The van der Waals surface area contributed by atoms with Gasteiger partial charge in [-0.1, -0.05) is 11.6 Å². The van der Waals surface area contributed by atoms with Gasteiger partial charge in [0.15, 0.2) is 0 Å². The van der Waals surface area contributed by atoms with Crippen molar-refractivity contribution in [2.45, 2.75) is 0 Å². The second-order valence-corrected chi connectivity index (χ2v) is 5.87. The molecule has 1 aliphatic heterocycles. The molecule has 1 fully saturated rings. The lowest BCUT2D eigenvalue weighted by Gasteiger charge is -2.35. The highest BCUT2D eigenvalue weighted by Gasteiger charge is 2.22. The molecule has 1 N–H and O–H groups in total. The van der Waals surface area contributed by atoms with Crippen molar-refractivity contribution in [3.05, 3.63) is 46.8 Å². The molecule has 0 saturated carbocycles. The molecule has 0 aliphatic carbocycles. The Balaban J connectivity index is 1.56. The number of piperazine rings is 1. The van der Waals surface area contributed by atoms with Crippen molar-refractivity contribution in [1.82, 2.24) is 14.9 Å². The zero-order chi connectivity index (χ0) is 16.2. The summed E-state index contributed by atoms with van der Waals surface area (Å²) >= 11 is 11.6. The fraction of sp³-hybridized carbons (Fsp3) is 0.267. The summed E-state index contributed by atoms with van der Waals surface area (Å²) in [5.41, 5.74) is 0.726. The van der Waals surface area contributed by atoms with E-state index in [1.807, 2.05) is 6.07 Å². The van der Waals surface area contributed by atoms with Crippen molar-refractivity contribution < 1.29 is 4.79 Å². The van der Waals surface area contributed by atoms with Crippen LogP contribution in [0, 0.1) is 0 Å². The third kappa shape index (κ3) is 4.03. The average molecular weight is 352 g/mol. The molecule has 8 heteroatoms. The van der Waals surface area contributed by atoms with E-state index in [0.717, 1.165) is 11.5 Å². The molecule has 0 bridgehead atoms. The summed E-state index contributed by atoms with van der Waals surface area (Å²) in [6.07, 6.45) is 1.63. The van der Waals surface area contributed by atoms with Gasteiger partial charge < -0.3 is 15.1 Å². The van der Waals surface area contributed by atoms with Crippen LogP contribution >= 0.6 is 23.2 Å². The van der Waals surface area contributed by atoms with E-state index in [0.29, 0.717) is 31.2 Å². The number of halogens is 2. The van der Waals surface area contributed by atoms with E-state index in [1.54, 1.807) is 35.4 Å². The van der Waals surface area contributed by atoms with E-state index in [1.165, 1.54) is 0 Å². The summed E-state index contributed by atoms with van der Waals surface area (Å²) in [7, 11) is 0. The van der Waals surface area contributed by atoms with Gasteiger partial charge in [-0.15, -0.1) is 0 Å². The molecule has 0 radical (unpaired) electrons. The molecule has 1 aromatic heterocycles. The smallest absolute Gasteiger partial charge is 0.321 e. The van der Waals surface area contributed by atoms with Crippen LogP contribution in [0.5, 0.6) is 0 Å². The van der Waals surface area contributed by atoms with Gasteiger partial charge in [-0.05, 0) is 41.9 Å². The summed E-state index contributed by atoms with van der Waals surface area (Å²) in [5, 5.41) is 3.73. The van der Waals surface area contributed by atoms with Crippen LogP contribution in [0.2, 0.25) is 10.3 Å². The number of hydrogen-bond acceptors (Lipinski definition) is 4. The third-order valence-electron chi connectivity index (χ3n) is 3.60. The third-order valence-corrected chi connectivity index (χ3v) is 4.03. The van der Waals surface area contributed by atoms with Crippen molar-refractivity contribution in [2.75, 3.05) is 36.4 Å². The Morgan fingerprint density at radius 1 is 1.04 bits per heavy atom. The van der Waals surface area contributed by atoms with Crippen molar-refractivity contribution in [2.24, 2.45) is 0 Å². The number of carbonyl (C=O) groups is 1. The first-order valence-electron chi connectivity index (χ1n) is 7.17. The Hall–Kier alpha value is -2.05. The number of rotatable bonds is 2. The van der Waals surface area contributed by atoms with Gasteiger partial charge in [0, 0.05) is 43.1 Å². The van der Waals surface area contributed by atoms with Gasteiger partial charge in [0.2, 0.25) is 5.28 Å². The first-order valence-corrected chi connectivity index (χ1v) is 7.92. The number of benzene rings is 1. The lowest BCUT2D eigenvalue weighted by Crippen LogP contribution is -2.50. The number of anilines is 2. The number of amides is 2. The number of aromatic nitrogens is 2. The maximum atomic E-state index is 12.3. The fourth-order valence-electron chi connectivity index (χ4n) is 2.38. The highest BCUT2D eigenvalue weighted by atomic mass is 35.5. The minimum Gasteiger partial charge on any atom is -0.353 e. The molecule has 0 unspecified atom stereocenters. The van der Waals surface area contributed by atoms with E-state index < -0.39 is 0 Å². The molecule has 1 aromatic carbocycles. The number of carbonyl (C=O) groups excluding carboxylic acids is 1. The van der Waals surface area contributed by atoms with Gasteiger partial charge in [-0.2, -0.15) is 0 Å². The zero-order valence-electron chi connectivity index (χ0n) is 12.2. The molecule has 0 atom stereocenters. The zero-order valence-corrected chi connectivity index (χ0v) is 13.8. The number of hydrogen-bond donors (Lipinski definition) is 1. The lowest BCUT2D eigenvalue weighted by molar-refractivity contribution is 0.208. The molecular formula is C15H15Cl2N5O. The van der Waals surface area contributed by atoms with Crippen molar-refractivity contribution >= 4 is 40.7 Å². The first-order chi connectivity index (χ1) is 11.1. The molecule has 3 rings (SSSR count). The molecule has 1 aliphatic rings. The second-order valence-electron chi connectivity index (χ2n) is 5.10. The van der Waals surface area contributed by atoms with Crippen LogP contribution < -0.4 is 10.2 Å². The largest absolute Gasteiger partial charge is 0.353 e. The Labute approximate surface area is 144 Å². The number of nitrogens with zero attached hydrogens (tertiary/aromatic N) is 4. The SMILES string of the molecule is O=C(Nc1ccc(Cl)cc1)N1CCN(c2ccnc(Cl)n2)CC1. The van der Waals surface area contributed by atoms with Gasteiger partial charge >= 0.3 is 6.03 Å². The van der Waals surface area contributed by atoms with E-state index in [4.69, 9.17) is 23.2 Å². The molecule has 2 heterocycles. The Morgan fingerprint density at radius 2 is 1.74 bits per heavy atom. The minimum atomic E-state index is -0.118. The standard InChI is InChI=1S/C15H15Cl2N5O/c16-11-1-3-12(4-2-11)19-15(23)22-9-7-21(8-10-22)13-5-6-18-14(17)20-13/h1-6H,7-10H2,(H,19,23). The monoisotopic (exact) mass is 351 g/mol. The summed E-state index contributed by atoms with van der Waals surface area (Å²) in [6.45, 7) is 2.62. The molecule has 1 saturated heterocycles. The van der Waals surface area contributed by atoms with Crippen molar-refractivity contribution in [3.8, 4) is 0 Å². The normalized spacial score (nSPS) is 14.7. The Morgan fingerprint density at radius 3 is 2.39 bits per heavy atom. The number of nitrogens with one attached hydrogen (secondary N) is 1. The molecule has 120 valence electrons. The van der Waals surface area contributed by atoms with Crippen LogP contribution in [-0.2, 0) is 0 Å². The Kier molecular flexibility index (Phi) is 4.83. The molecule has 2 aromatic rings. The maximum absolute atomic E-state index is 12.3. The molecule has 2 amide bonds. The summed E-state index contributed by atoms with van der Waals surface area (Å²) < 4.78 is 0. The number of urea groups is 1. The van der Waals surface area contributed by atoms with Gasteiger partial charge in [0.05, 0.1) is 0 Å².